The maximum atomic E-state index is 13.6. The van der Waals surface area contributed by atoms with Gasteiger partial charge in [-0.15, -0.1) is 0 Å². The Morgan fingerprint density at radius 3 is 2.43 bits per heavy atom. The van der Waals surface area contributed by atoms with Crippen LogP contribution in [0.25, 0.3) is 22.8 Å². The van der Waals surface area contributed by atoms with E-state index in [0.29, 0.717) is 23.6 Å². The predicted molar refractivity (Wildman–Crippen MR) is 165 cm³/mol. The highest BCUT2D eigenvalue weighted by Crippen LogP contribution is 2.29. The van der Waals surface area contributed by atoms with Gasteiger partial charge < -0.3 is 29.8 Å². The average Bonchev–Trinajstić information content (AvgIpc) is 3.79. The summed E-state index contributed by atoms with van der Waals surface area (Å²) in [7, 11) is 1.53. The molecule has 0 aliphatic carbocycles. The number of aliphatic hydroxyl groups excluding tert-OH is 1. The van der Waals surface area contributed by atoms with Gasteiger partial charge in [-0.1, -0.05) is 38.1 Å². The number of aliphatic hydroxyl groups is 1. The molecule has 46 heavy (non-hydrogen) atoms. The van der Waals surface area contributed by atoms with E-state index in [1.54, 1.807) is 49.2 Å². The van der Waals surface area contributed by atoms with E-state index < -0.39 is 43.0 Å². The van der Waals surface area contributed by atoms with Crippen LogP contribution in [0, 0.1) is 5.92 Å². The largest absolute Gasteiger partial charge is 0.436 e. The molecule has 3 aromatic rings. The van der Waals surface area contributed by atoms with Gasteiger partial charge in [0.15, 0.2) is 5.76 Å². The summed E-state index contributed by atoms with van der Waals surface area (Å²) in [4.78, 5) is 44.6. The monoisotopic (exact) mass is 639 g/mol. The lowest BCUT2D eigenvalue weighted by Crippen LogP contribution is -2.47. The molecule has 2 aliphatic heterocycles. The molecule has 3 heterocycles. The highest BCUT2D eigenvalue weighted by atomic mass is 19.3. The summed E-state index contributed by atoms with van der Waals surface area (Å²) in [5.41, 5.74) is 2.73. The summed E-state index contributed by atoms with van der Waals surface area (Å²) >= 11 is 0. The van der Waals surface area contributed by atoms with Crippen molar-refractivity contribution in [2.24, 2.45) is 5.92 Å². The smallest absolute Gasteiger partial charge is 0.262 e. The number of nitrogens with one attached hydrogen (secondary N) is 3. The fourth-order valence-corrected chi connectivity index (χ4v) is 5.81. The van der Waals surface area contributed by atoms with E-state index >= 15 is 0 Å². The summed E-state index contributed by atoms with van der Waals surface area (Å²) < 4.78 is 38.4. The van der Waals surface area contributed by atoms with Gasteiger partial charge in [-0.25, -0.2) is 13.8 Å². The SMILES string of the molecule is COC(CO)c1ccc(-c2ncc(-c3ccc(C(=O)NC[C@H]4C[C@@H](NC(=O)[C@@H]5CC(F)(F)CN5)CN4C(=O)C(C)C)cc3)o2)cc1. The minimum Gasteiger partial charge on any atom is -0.436 e. The minimum atomic E-state index is -2.93. The predicted octanol–water partition coefficient (Wildman–Crippen LogP) is 3.16. The molecule has 4 N–H and O–H groups in total. The van der Waals surface area contributed by atoms with Crippen LogP contribution in [-0.4, -0.2) is 90.1 Å². The maximum Gasteiger partial charge on any atom is 0.262 e. The Kier molecular flexibility index (Phi) is 10.1. The molecule has 1 aromatic heterocycles. The highest BCUT2D eigenvalue weighted by molar-refractivity contribution is 5.94. The molecule has 11 nitrogen and oxygen atoms in total. The summed E-state index contributed by atoms with van der Waals surface area (Å²) in [6, 6.07) is 12.4. The van der Waals surface area contributed by atoms with E-state index in [0.717, 1.165) is 16.7 Å². The first-order valence-electron chi connectivity index (χ1n) is 15.3. The molecule has 5 rings (SSSR count). The number of alkyl halides is 2. The zero-order chi connectivity index (χ0) is 33.0. The van der Waals surface area contributed by atoms with Gasteiger partial charge in [0.2, 0.25) is 17.7 Å². The van der Waals surface area contributed by atoms with Gasteiger partial charge >= 0.3 is 0 Å². The van der Waals surface area contributed by atoms with E-state index in [-0.39, 0.29) is 43.5 Å². The first-order valence-corrected chi connectivity index (χ1v) is 15.3. The van der Waals surface area contributed by atoms with Gasteiger partial charge in [0.25, 0.3) is 11.8 Å². The maximum absolute atomic E-state index is 13.6. The van der Waals surface area contributed by atoms with Crippen molar-refractivity contribution in [3.8, 4) is 22.8 Å². The summed E-state index contributed by atoms with van der Waals surface area (Å²) in [6.45, 7) is 3.29. The molecule has 1 unspecified atom stereocenters. The Bertz CT molecular complexity index is 1520. The molecule has 0 radical (unpaired) electrons. The number of carbonyl (C=O) groups is 3. The Balaban J connectivity index is 1.18. The summed E-state index contributed by atoms with van der Waals surface area (Å²) in [5.74, 6) is -3.23. The second kappa shape index (κ2) is 14.1. The van der Waals surface area contributed by atoms with Crippen molar-refractivity contribution in [2.75, 3.05) is 33.4 Å². The number of benzene rings is 2. The number of rotatable bonds is 11. The quantitative estimate of drug-likeness (QED) is 0.250. The lowest BCUT2D eigenvalue weighted by molar-refractivity contribution is -0.135. The van der Waals surface area contributed by atoms with Crippen LogP contribution in [0.5, 0.6) is 0 Å². The average molecular weight is 640 g/mol. The summed E-state index contributed by atoms with van der Waals surface area (Å²) in [5, 5.41) is 17.7. The van der Waals surface area contributed by atoms with E-state index in [2.05, 4.69) is 20.9 Å². The second-order valence-electron chi connectivity index (χ2n) is 12.1. The van der Waals surface area contributed by atoms with Crippen LogP contribution in [0.4, 0.5) is 8.78 Å². The number of amides is 3. The Morgan fingerprint density at radius 2 is 1.83 bits per heavy atom. The minimum absolute atomic E-state index is 0.113. The van der Waals surface area contributed by atoms with Crippen molar-refractivity contribution in [2.45, 2.75) is 56.8 Å². The molecule has 2 aliphatic rings. The molecule has 2 fully saturated rings. The number of likely N-dealkylation sites (tertiary alicyclic amines) is 1. The van der Waals surface area contributed by atoms with Crippen molar-refractivity contribution >= 4 is 17.7 Å². The molecule has 246 valence electrons. The first kappa shape index (κ1) is 33.2. The number of methoxy groups -OCH3 is 1. The number of ether oxygens (including phenoxy) is 1. The summed E-state index contributed by atoms with van der Waals surface area (Å²) in [6.07, 6.45) is 1.02. The number of halogens is 2. The van der Waals surface area contributed by atoms with Crippen LogP contribution in [-0.2, 0) is 14.3 Å². The van der Waals surface area contributed by atoms with Gasteiger partial charge in [0, 0.05) is 55.3 Å². The fraction of sp³-hybridized carbons (Fsp3) is 0.455. The molecule has 0 saturated carbocycles. The molecular formula is C33H39F2N5O6. The third-order valence-corrected chi connectivity index (χ3v) is 8.38. The van der Waals surface area contributed by atoms with E-state index in [1.165, 1.54) is 7.11 Å². The van der Waals surface area contributed by atoms with Crippen molar-refractivity contribution < 1.29 is 37.4 Å². The molecule has 2 saturated heterocycles. The van der Waals surface area contributed by atoms with Gasteiger partial charge in [-0.05, 0) is 36.2 Å². The van der Waals surface area contributed by atoms with Gasteiger partial charge in [0.1, 0.15) is 6.10 Å². The lowest BCUT2D eigenvalue weighted by atomic mass is 10.1. The van der Waals surface area contributed by atoms with Crippen molar-refractivity contribution in [3.05, 3.63) is 65.9 Å². The fourth-order valence-electron chi connectivity index (χ4n) is 5.81. The van der Waals surface area contributed by atoms with Crippen LogP contribution < -0.4 is 16.0 Å². The molecule has 4 atom stereocenters. The second-order valence-corrected chi connectivity index (χ2v) is 12.1. The molecule has 2 aromatic carbocycles. The zero-order valence-corrected chi connectivity index (χ0v) is 26.0. The standard InChI is InChI=1S/C33H39F2N5O6/c1-19(2)32(44)40-16-24(39-30(43)26-13-33(34,35)18-38-26)12-25(40)14-36-29(42)22-8-4-20(5-9-22)27-15-37-31(46-27)23-10-6-21(7-11-23)28(17-41)45-3/h4-11,15,19,24-26,28,38,41H,12-14,16-18H2,1-3H3,(H,36,42)(H,39,43)/t24-,25-,26+,28?/m1/s1. The normalized spacial score (nSPS) is 21.4. The Morgan fingerprint density at radius 1 is 1.13 bits per heavy atom. The number of oxazole rings is 1. The number of nitrogens with zero attached hydrogens (tertiary/aromatic N) is 2. The molecule has 13 heteroatoms. The lowest BCUT2D eigenvalue weighted by Gasteiger charge is -2.26. The number of carbonyl (C=O) groups excluding carboxylic acids is 3. The first-order chi connectivity index (χ1) is 22.0. The van der Waals surface area contributed by atoms with Crippen LogP contribution in [0.3, 0.4) is 0 Å². The van der Waals surface area contributed by atoms with Crippen molar-refractivity contribution in [1.82, 2.24) is 25.8 Å². The Labute approximate surface area is 265 Å². The molecule has 3 amide bonds. The number of hydrogen-bond donors (Lipinski definition) is 4. The van der Waals surface area contributed by atoms with Gasteiger partial charge in [-0.2, -0.15) is 0 Å². The van der Waals surface area contributed by atoms with Gasteiger partial charge in [-0.3, -0.25) is 19.7 Å². The van der Waals surface area contributed by atoms with Crippen LogP contribution in [0.1, 0.15) is 48.7 Å². The number of aromatic nitrogens is 1. The van der Waals surface area contributed by atoms with E-state index in [1.807, 2.05) is 24.3 Å². The highest BCUT2D eigenvalue weighted by Gasteiger charge is 2.44. The topological polar surface area (TPSA) is 146 Å². The van der Waals surface area contributed by atoms with Crippen LogP contribution in [0.15, 0.2) is 59.1 Å². The molecular weight excluding hydrogens is 600 g/mol. The van der Waals surface area contributed by atoms with E-state index in [9.17, 15) is 28.3 Å². The van der Waals surface area contributed by atoms with Crippen LogP contribution in [0.2, 0.25) is 0 Å². The van der Waals surface area contributed by atoms with Gasteiger partial charge in [0.05, 0.1) is 31.4 Å². The third kappa shape index (κ3) is 7.60. The van der Waals surface area contributed by atoms with E-state index in [4.69, 9.17) is 9.15 Å². The third-order valence-electron chi connectivity index (χ3n) is 8.38. The van der Waals surface area contributed by atoms with Crippen molar-refractivity contribution in [3.63, 3.8) is 0 Å². The number of hydrogen-bond acceptors (Lipinski definition) is 8. The zero-order valence-electron chi connectivity index (χ0n) is 26.0. The molecule has 0 spiro atoms. The van der Waals surface area contributed by atoms with Crippen molar-refractivity contribution in [1.29, 1.82) is 0 Å². The van der Waals surface area contributed by atoms with Crippen LogP contribution >= 0.6 is 0 Å². The molecule has 0 bridgehead atoms. The Hall–Kier alpha value is -4.20.